The van der Waals surface area contributed by atoms with Crippen molar-refractivity contribution in [2.75, 3.05) is 5.32 Å². The van der Waals surface area contributed by atoms with Crippen LogP contribution in [-0.2, 0) is 5.41 Å². The fourth-order valence-corrected chi connectivity index (χ4v) is 5.27. The molecule has 1 atom stereocenters. The third kappa shape index (κ3) is 3.16. The molecule has 0 radical (unpaired) electrons. The summed E-state index contributed by atoms with van der Waals surface area (Å²) in [6, 6.07) is 45.6. The van der Waals surface area contributed by atoms with Gasteiger partial charge in [-0.25, -0.2) is 0 Å². The summed E-state index contributed by atoms with van der Waals surface area (Å²) >= 11 is 0. The molecule has 6 rings (SSSR count). The number of hydrogen-bond acceptors (Lipinski definition) is 1. The van der Waals surface area contributed by atoms with Gasteiger partial charge < -0.3 is 5.32 Å². The van der Waals surface area contributed by atoms with Crippen LogP contribution in [0.15, 0.2) is 127 Å². The third-order valence-electron chi connectivity index (χ3n) is 6.96. The molecule has 5 aromatic carbocycles. The minimum atomic E-state index is -0.191. The Morgan fingerprint density at radius 1 is 0.515 bits per heavy atom. The Morgan fingerprint density at radius 3 is 1.91 bits per heavy atom. The van der Waals surface area contributed by atoms with Crippen molar-refractivity contribution in [3.8, 4) is 22.3 Å². The van der Waals surface area contributed by atoms with Gasteiger partial charge in [-0.3, -0.25) is 0 Å². The van der Waals surface area contributed by atoms with Gasteiger partial charge in [0.05, 0.1) is 0 Å². The molecule has 33 heavy (non-hydrogen) atoms. The van der Waals surface area contributed by atoms with Crippen LogP contribution < -0.4 is 5.32 Å². The van der Waals surface area contributed by atoms with E-state index in [4.69, 9.17) is 0 Å². The van der Waals surface area contributed by atoms with Gasteiger partial charge in [-0.05, 0) is 58.5 Å². The number of anilines is 2. The summed E-state index contributed by atoms with van der Waals surface area (Å²) < 4.78 is 0. The van der Waals surface area contributed by atoms with E-state index in [2.05, 4.69) is 140 Å². The maximum absolute atomic E-state index is 3.72. The standard InChI is InChI=1S/C32H25N/c1-32(24-14-6-3-7-15-24)29-18-10-8-17-27(29)28-21-20-25(22-30(28)32)33-31-19-11-9-16-26(31)23-12-4-2-5-13-23/h2-22,33H,1H3. The molecule has 0 spiro atoms. The second kappa shape index (κ2) is 7.79. The van der Waals surface area contributed by atoms with E-state index in [0.29, 0.717) is 0 Å². The van der Waals surface area contributed by atoms with Crippen molar-refractivity contribution in [2.24, 2.45) is 0 Å². The van der Waals surface area contributed by atoms with Crippen molar-refractivity contribution < 1.29 is 0 Å². The first-order chi connectivity index (χ1) is 16.2. The summed E-state index contributed by atoms with van der Waals surface area (Å²) in [7, 11) is 0. The van der Waals surface area contributed by atoms with Gasteiger partial charge in [0.15, 0.2) is 0 Å². The lowest BCUT2D eigenvalue weighted by atomic mass is 9.74. The van der Waals surface area contributed by atoms with Crippen LogP contribution in [0.2, 0.25) is 0 Å². The van der Waals surface area contributed by atoms with Crippen LogP contribution in [0.4, 0.5) is 11.4 Å². The molecule has 0 aliphatic heterocycles. The van der Waals surface area contributed by atoms with Gasteiger partial charge in [-0.1, -0.05) is 109 Å². The zero-order valence-electron chi connectivity index (χ0n) is 18.6. The zero-order valence-corrected chi connectivity index (χ0v) is 18.6. The van der Waals surface area contributed by atoms with Gasteiger partial charge in [0.2, 0.25) is 0 Å². The maximum Gasteiger partial charge on any atom is 0.0463 e. The molecule has 1 heteroatoms. The van der Waals surface area contributed by atoms with E-state index in [0.717, 1.165) is 11.4 Å². The van der Waals surface area contributed by atoms with Crippen molar-refractivity contribution in [2.45, 2.75) is 12.3 Å². The molecule has 1 aliphatic carbocycles. The SMILES string of the molecule is CC1(c2ccccc2)c2ccccc2-c2ccc(Nc3ccccc3-c3ccccc3)cc21. The van der Waals surface area contributed by atoms with Crippen LogP contribution in [0.1, 0.15) is 23.6 Å². The van der Waals surface area contributed by atoms with Crippen molar-refractivity contribution in [3.05, 3.63) is 144 Å². The van der Waals surface area contributed by atoms with Crippen LogP contribution >= 0.6 is 0 Å². The van der Waals surface area contributed by atoms with Crippen molar-refractivity contribution >= 4 is 11.4 Å². The molecule has 0 fully saturated rings. The minimum Gasteiger partial charge on any atom is -0.355 e. The summed E-state index contributed by atoms with van der Waals surface area (Å²) in [4.78, 5) is 0. The highest BCUT2D eigenvalue weighted by Crippen LogP contribution is 2.53. The minimum absolute atomic E-state index is 0.191. The van der Waals surface area contributed by atoms with E-state index in [1.165, 1.54) is 38.9 Å². The Balaban J connectivity index is 1.47. The van der Waals surface area contributed by atoms with Crippen molar-refractivity contribution in [1.82, 2.24) is 0 Å². The molecular weight excluding hydrogens is 398 g/mol. The van der Waals surface area contributed by atoms with Crippen LogP contribution in [0.5, 0.6) is 0 Å². The average molecular weight is 424 g/mol. The van der Waals surface area contributed by atoms with Crippen LogP contribution in [0, 0.1) is 0 Å². The van der Waals surface area contributed by atoms with Gasteiger partial charge in [0.1, 0.15) is 0 Å². The molecule has 1 nitrogen and oxygen atoms in total. The van der Waals surface area contributed by atoms with E-state index in [-0.39, 0.29) is 5.41 Å². The lowest BCUT2D eigenvalue weighted by Crippen LogP contribution is -2.22. The monoisotopic (exact) mass is 423 g/mol. The second-order valence-electron chi connectivity index (χ2n) is 8.83. The lowest BCUT2D eigenvalue weighted by molar-refractivity contribution is 0.714. The first kappa shape index (κ1) is 19.6. The second-order valence-corrected chi connectivity index (χ2v) is 8.83. The summed E-state index contributed by atoms with van der Waals surface area (Å²) in [6.45, 7) is 2.36. The van der Waals surface area contributed by atoms with Gasteiger partial charge in [0, 0.05) is 22.4 Å². The Morgan fingerprint density at radius 2 is 1.12 bits per heavy atom. The Bertz CT molecular complexity index is 1440. The molecule has 0 saturated carbocycles. The summed E-state index contributed by atoms with van der Waals surface area (Å²) in [5.74, 6) is 0. The van der Waals surface area contributed by atoms with Gasteiger partial charge in [-0.2, -0.15) is 0 Å². The molecule has 0 aromatic heterocycles. The lowest BCUT2D eigenvalue weighted by Gasteiger charge is -2.28. The molecule has 0 saturated heterocycles. The predicted molar refractivity (Wildman–Crippen MR) is 139 cm³/mol. The zero-order chi connectivity index (χ0) is 22.3. The van der Waals surface area contributed by atoms with Gasteiger partial charge >= 0.3 is 0 Å². The first-order valence-electron chi connectivity index (χ1n) is 11.5. The molecule has 5 aromatic rings. The van der Waals surface area contributed by atoms with E-state index in [1.54, 1.807) is 0 Å². The van der Waals surface area contributed by atoms with E-state index in [9.17, 15) is 0 Å². The molecule has 158 valence electrons. The fourth-order valence-electron chi connectivity index (χ4n) is 5.27. The Hall–Kier alpha value is -4.10. The summed E-state index contributed by atoms with van der Waals surface area (Å²) in [5.41, 5.74) is 11.1. The molecule has 0 heterocycles. The molecule has 1 N–H and O–H groups in total. The van der Waals surface area contributed by atoms with Crippen LogP contribution in [-0.4, -0.2) is 0 Å². The highest BCUT2D eigenvalue weighted by Gasteiger charge is 2.40. The number of fused-ring (bicyclic) bond motifs is 3. The third-order valence-corrected chi connectivity index (χ3v) is 6.96. The normalized spacial score (nSPS) is 16.2. The van der Waals surface area contributed by atoms with E-state index < -0.39 is 0 Å². The Labute approximate surface area is 195 Å². The molecule has 0 bridgehead atoms. The van der Waals surface area contributed by atoms with Crippen molar-refractivity contribution in [3.63, 3.8) is 0 Å². The maximum atomic E-state index is 3.72. The van der Waals surface area contributed by atoms with Gasteiger partial charge in [-0.15, -0.1) is 0 Å². The molecular formula is C32H25N. The summed E-state index contributed by atoms with van der Waals surface area (Å²) in [5, 5.41) is 3.72. The fraction of sp³-hybridized carbons (Fsp3) is 0.0625. The van der Waals surface area contributed by atoms with Crippen molar-refractivity contribution in [1.29, 1.82) is 0 Å². The quantitative estimate of drug-likeness (QED) is 0.306. The smallest absolute Gasteiger partial charge is 0.0463 e. The number of para-hydroxylation sites is 1. The number of hydrogen-bond donors (Lipinski definition) is 1. The predicted octanol–water partition coefficient (Wildman–Crippen LogP) is 8.43. The van der Waals surface area contributed by atoms with Crippen LogP contribution in [0.3, 0.4) is 0 Å². The molecule has 1 unspecified atom stereocenters. The van der Waals surface area contributed by atoms with E-state index >= 15 is 0 Å². The largest absolute Gasteiger partial charge is 0.355 e. The van der Waals surface area contributed by atoms with Crippen LogP contribution in [0.25, 0.3) is 22.3 Å². The van der Waals surface area contributed by atoms with E-state index in [1.807, 2.05) is 0 Å². The van der Waals surface area contributed by atoms with Gasteiger partial charge in [0.25, 0.3) is 0 Å². The topological polar surface area (TPSA) is 12.0 Å². The summed E-state index contributed by atoms with van der Waals surface area (Å²) in [6.07, 6.45) is 0. The molecule has 0 amide bonds. The average Bonchev–Trinajstić information content (AvgIpc) is 3.14. The Kier molecular flexibility index (Phi) is 4.62. The highest BCUT2D eigenvalue weighted by molar-refractivity contribution is 5.86. The number of nitrogens with one attached hydrogen (secondary N) is 1. The first-order valence-corrected chi connectivity index (χ1v) is 11.5. The number of rotatable bonds is 4. The molecule has 1 aliphatic rings. The number of benzene rings is 5. The highest BCUT2D eigenvalue weighted by atomic mass is 14.9.